The highest BCUT2D eigenvalue weighted by Gasteiger charge is 2.18. The van der Waals surface area contributed by atoms with Gasteiger partial charge < -0.3 is 15.1 Å². The molecule has 1 atom stereocenters. The van der Waals surface area contributed by atoms with Crippen molar-refractivity contribution in [2.24, 2.45) is 0 Å². The molecule has 0 bridgehead atoms. The molecule has 1 saturated heterocycles. The second-order valence-corrected chi connectivity index (χ2v) is 6.80. The fourth-order valence-corrected chi connectivity index (χ4v) is 3.09. The molecule has 0 saturated carbocycles. The molecule has 0 aromatic heterocycles. The van der Waals surface area contributed by atoms with E-state index < -0.39 is 0 Å². The van der Waals surface area contributed by atoms with Crippen LogP contribution in [0, 0.1) is 6.92 Å². The van der Waals surface area contributed by atoms with E-state index in [0.29, 0.717) is 12.1 Å². The number of nitrogens with zero attached hydrogens (tertiary/aromatic N) is 2. The second kappa shape index (κ2) is 7.17. The molecule has 1 aliphatic heterocycles. The van der Waals surface area contributed by atoms with Crippen molar-refractivity contribution in [3.63, 3.8) is 0 Å². The van der Waals surface area contributed by atoms with Gasteiger partial charge in [0.1, 0.15) is 0 Å². The smallest absolute Gasteiger partial charge is 0.0373 e. The highest BCUT2D eigenvalue weighted by molar-refractivity contribution is 5.60. The minimum Gasteiger partial charge on any atom is -0.382 e. The van der Waals surface area contributed by atoms with Crippen LogP contribution in [-0.4, -0.2) is 44.2 Å². The lowest BCUT2D eigenvalue weighted by Crippen LogP contribution is -2.32. The number of anilines is 2. The van der Waals surface area contributed by atoms with Gasteiger partial charge in [-0.1, -0.05) is 0 Å². The fraction of sp³-hybridized carbons (Fsp3) is 0.667. The number of aryl methyl sites for hydroxylation is 1. The summed E-state index contributed by atoms with van der Waals surface area (Å²) in [5.41, 5.74) is 3.90. The molecule has 1 aliphatic rings. The van der Waals surface area contributed by atoms with Crippen LogP contribution in [0.1, 0.15) is 38.7 Å². The van der Waals surface area contributed by atoms with E-state index in [1.54, 1.807) is 0 Å². The molecule has 1 fully saturated rings. The summed E-state index contributed by atoms with van der Waals surface area (Å²) in [6, 6.07) is 7.98. The SMILES string of the molecule is Cc1cc(N(C)C)ccc1NC1CCCN(C(C)C)CC1. The summed E-state index contributed by atoms with van der Waals surface area (Å²) >= 11 is 0. The van der Waals surface area contributed by atoms with Crippen molar-refractivity contribution in [1.29, 1.82) is 0 Å². The maximum absolute atomic E-state index is 3.77. The maximum atomic E-state index is 3.77. The van der Waals surface area contributed by atoms with Crippen molar-refractivity contribution >= 4 is 11.4 Å². The van der Waals surface area contributed by atoms with Gasteiger partial charge in [-0.25, -0.2) is 0 Å². The van der Waals surface area contributed by atoms with E-state index in [0.717, 1.165) is 0 Å². The van der Waals surface area contributed by atoms with E-state index in [-0.39, 0.29) is 0 Å². The normalized spacial score (nSPS) is 20.4. The Balaban J connectivity index is 1.98. The topological polar surface area (TPSA) is 18.5 Å². The predicted octanol–water partition coefficient (Wildman–Crippen LogP) is 3.74. The molecule has 0 radical (unpaired) electrons. The van der Waals surface area contributed by atoms with Crippen LogP contribution in [0.5, 0.6) is 0 Å². The third-order valence-corrected chi connectivity index (χ3v) is 4.58. The van der Waals surface area contributed by atoms with Gasteiger partial charge in [-0.15, -0.1) is 0 Å². The van der Waals surface area contributed by atoms with Crippen LogP contribution in [0.3, 0.4) is 0 Å². The Morgan fingerprint density at radius 3 is 2.57 bits per heavy atom. The predicted molar refractivity (Wildman–Crippen MR) is 93.5 cm³/mol. The van der Waals surface area contributed by atoms with E-state index in [9.17, 15) is 0 Å². The summed E-state index contributed by atoms with van der Waals surface area (Å²) in [4.78, 5) is 4.76. The van der Waals surface area contributed by atoms with Gasteiger partial charge in [0.2, 0.25) is 0 Å². The highest BCUT2D eigenvalue weighted by Crippen LogP contribution is 2.24. The number of likely N-dealkylation sites (tertiary alicyclic amines) is 1. The average Bonchev–Trinajstić information content (AvgIpc) is 2.66. The minimum atomic E-state index is 0.609. The van der Waals surface area contributed by atoms with Gasteiger partial charge >= 0.3 is 0 Å². The van der Waals surface area contributed by atoms with Crippen LogP contribution in [0.15, 0.2) is 18.2 Å². The molecule has 0 amide bonds. The largest absolute Gasteiger partial charge is 0.382 e. The van der Waals surface area contributed by atoms with Crippen molar-refractivity contribution < 1.29 is 0 Å². The third-order valence-electron chi connectivity index (χ3n) is 4.58. The van der Waals surface area contributed by atoms with Gasteiger partial charge in [-0.05, 0) is 70.3 Å². The molecule has 3 heteroatoms. The molecule has 1 N–H and O–H groups in total. The first kappa shape index (κ1) is 16.2. The fourth-order valence-electron chi connectivity index (χ4n) is 3.09. The van der Waals surface area contributed by atoms with Gasteiger partial charge in [0.15, 0.2) is 0 Å². The van der Waals surface area contributed by atoms with Crippen molar-refractivity contribution in [2.45, 2.75) is 52.1 Å². The molecule has 2 rings (SSSR count). The summed E-state index contributed by atoms with van der Waals surface area (Å²) in [6.07, 6.45) is 3.82. The van der Waals surface area contributed by atoms with Crippen LogP contribution in [0.25, 0.3) is 0 Å². The Hall–Kier alpha value is -1.22. The van der Waals surface area contributed by atoms with Gasteiger partial charge in [0.05, 0.1) is 0 Å². The first-order chi connectivity index (χ1) is 9.97. The summed E-state index contributed by atoms with van der Waals surface area (Å²) in [5.74, 6) is 0. The first-order valence-corrected chi connectivity index (χ1v) is 8.26. The minimum absolute atomic E-state index is 0.609. The molecule has 1 unspecified atom stereocenters. The second-order valence-electron chi connectivity index (χ2n) is 6.80. The monoisotopic (exact) mass is 289 g/mol. The quantitative estimate of drug-likeness (QED) is 0.911. The lowest BCUT2D eigenvalue weighted by molar-refractivity contribution is 0.230. The zero-order valence-corrected chi connectivity index (χ0v) is 14.3. The summed E-state index contributed by atoms with van der Waals surface area (Å²) < 4.78 is 0. The summed E-state index contributed by atoms with van der Waals surface area (Å²) in [6.45, 7) is 9.26. The standard InChI is InChI=1S/C18H31N3/c1-14(2)21-11-6-7-16(10-12-21)19-18-9-8-17(20(4)5)13-15(18)3/h8-9,13-14,16,19H,6-7,10-12H2,1-5H3. The average molecular weight is 289 g/mol. The molecule has 21 heavy (non-hydrogen) atoms. The number of hydrogen-bond donors (Lipinski definition) is 1. The molecule has 0 spiro atoms. The Kier molecular flexibility index (Phi) is 5.51. The Morgan fingerprint density at radius 1 is 1.19 bits per heavy atom. The van der Waals surface area contributed by atoms with Gasteiger partial charge in [0.25, 0.3) is 0 Å². The van der Waals surface area contributed by atoms with Crippen molar-refractivity contribution in [3.8, 4) is 0 Å². The van der Waals surface area contributed by atoms with Crippen molar-refractivity contribution in [2.75, 3.05) is 37.4 Å². The number of rotatable bonds is 4. The van der Waals surface area contributed by atoms with Gasteiger partial charge in [0, 0.05) is 44.1 Å². The van der Waals surface area contributed by atoms with Crippen LogP contribution in [0.2, 0.25) is 0 Å². The first-order valence-electron chi connectivity index (χ1n) is 8.26. The van der Waals surface area contributed by atoms with Crippen molar-refractivity contribution in [1.82, 2.24) is 4.90 Å². The van der Waals surface area contributed by atoms with E-state index in [1.807, 2.05) is 0 Å². The van der Waals surface area contributed by atoms with Crippen LogP contribution in [-0.2, 0) is 0 Å². The van der Waals surface area contributed by atoms with Crippen LogP contribution in [0.4, 0.5) is 11.4 Å². The lowest BCUT2D eigenvalue weighted by Gasteiger charge is -2.25. The van der Waals surface area contributed by atoms with Crippen molar-refractivity contribution in [3.05, 3.63) is 23.8 Å². The van der Waals surface area contributed by atoms with Gasteiger partial charge in [-0.3, -0.25) is 0 Å². The van der Waals surface area contributed by atoms with E-state index >= 15 is 0 Å². The molecular formula is C18H31N3. The summed E-state index contributed by atoms with van der Waals surface area (Å²) in [7, 11) is 4.18. The summed E-state index contributed by atoms with van der Waals surface area (Å²) in [5, 5.41) is 3.77. The Bertz CT molecular complexity index is 454. The molecule has 118 valence electrons. The van der Waals surface area contributed by atoms with E-state index in [2.05, 4.69) is 68.2 Å². The molecular weight excluding hydrogens is 258 g/mol. The van der Waals surface area contributed by atoms with Crippen LogP contribution < -0.4 is 10.2 Å². The zero-order valence-electron chi connectivity index (χ0n) is 14.3. The number of nitrogens with one attached hydrogen (secondary N) is 1. The molecule has 1 heterocycles. The Labute approximate surface area is 130 Å². The maximum Gasteiger partial charge on any atom is 0.0373 e. The number of benzene rings is 1. The van der Waals surface area contributed by atoms with Gasteiger partial charge in [-0.2, -0.15) is 0 Å². The molecule has 0 aliphatic carbocycles. The highest BCUT2D eigenvalue weighted by atomic mass is 15.1. The van der Waals surface area contributed by atoms with E-state index in [4.69, 9.17) is 0 Å². The molecule has 1 aromatic carbocycles. The number of hydrogen-bond acceptors (Lipinski definition) is 3. The zero-order chi connectivity index (χ0) is 15.4. The Morgan fingerprint density at radius 2 is 1.95 bits per heavy atom. The van der Waals surface area contributed by atoms with E-state index in [1.165, 1.54) is 49.3 Å². The molecule has 1 aromatic rings. The van der Waals surface area contributed by atoms with Crippen LogP contribution >= 0.6 is 0 Å². The third kappa shape index (κ3) is 4.37. The lowest BCUT2D eigenvalue weighted by atomic mass is 10.1. The molecule has 3 nitrogen and oxygen atoms in total.